The Labute approximate surface area is 188 Å². The van der Waals surface area contributed by atoms with Crippen molar-refractivity contribution in [3.05, 3.63) is 29.8 Å². The second-order valence-electron chi connectivity index (χ2n) is 7.43. The highest BCUT2D eigenvalue weighted by molar-refractivity contribution is 5.92. The summed E-state index contributed by atoms with van der Waals surface area (Å²) < 4.78 is 0. The van der Waals surface area contributed by atoms with E-state index in [1.54, 1.807) is 0 Å². The van der Waals surface area contributed by atoms with Crippen molar-refractivity contribution < 1.29 is 4.79 Å². The predicted octanol–water partition coefficient (Wildman–Crippen LogP) is 3.40. The zero-order valence-electron chi connectivity index (χ0n) is 16.6. The Hall–Kier alpha value is -0.560. The minimum absolute atomic E-state index is 0. The van der Waals surface area contributed by atoms with E-state index in [4.69, 9.17) is 5.73 Å². The van der Waals surface area contributed by atoms with Crippen LogP contribution in [0.1, 0.15) is 31.7 Å². The minimum Gasteiger partial charge on any atom is -0.330 e. The first-order valence-electron chi connectivity index (χ1n) is 9.74. The van der Waals surface area contributed by atoms with Crippen molar-refractivity contribution in [2.75, 3.05) is 44.6 Å². The number of rotatable bonds is 6. The van der Waals surface area contributed by atoms with Crippen LogP contribution in [0.3, 0.4) is 0 Å². The normalized spacial score (nSPS) is 22.5. The molecule has 0 aromatic heterocycles. The highest BCUT2D eigenvalue weighted by Gasteiger charge is 2.31. The summed E-state index contributed by atoms with van der Waals surface area (Å²) in [6.45, 7) is 9.57. The van der Waals surface area contributed by atoms with E-state index in [9.17, 15) is 4.79 Å². The lowest BCUT2D eigenvalue weighted by Crippen LogP contribution is -2.45. The monoisotopic (exact) mass is 452 g/mol. The van der Waals surface area contributed by atoms with Crippen LogP contribution in [0.4, 0.5) is 5.69 Å². The van der Waals surface area contributed by atoms with E-state index in [1.807, 2.05) is 12.1 Å². The summed E-state index contributed by atoms with van der Waals surface area (Å²) in [6.07, 6.45) is 3.17. The van der Waals surface area contributed by atoms with Crippen molar-refractivity contribution >= 4 is 48.8 Å². The van der Waals surface area contributed by atoms with Gasteiger partial charge in [-0.25, -0.2) is 0 Å². The number of halogens is 3. The van der Waals surface area contributed by atoms with Crippen molar-refractivity contribution in [3.63, 3.8) is 0 Å². The van der Waals surface area contributed by atoms with Crippen molar-refractivity contribution in [2.24, 2.45) is 17.6 Å². The fourth-order valence-electron chi connectivity index (χ4n) is 4.11. The number of piperazine rings is 1. The molecule has 2 aliphatic rings. The molecule has 0 radical (unpaired) electrons. The number of hydrogen-bond donors (Lipinski definition) is 2. The SMILES string of the molecule is CCN1CCN(Cc2ccc(NC(=O)[C@@H]3CCC[C@@H]3CN)cc2)CC1.Cl.Cl.Cl. The highest BCUT2D eigenvalue weighted by Crippen LogP contribution is 2.31. The lowest BCUT2D eigenvalue weighted by Gasteiger charge is -2.34. The number of likely N-dealkylation sites (N-methyl/N-ethyl adjacent to an activating group) is 1. The maximum Gasteiger partial charge on any atom is 0.227 e. The second-order valence-corrected chi connectivity index (χ2v) is 7.43. The van der Waals surface area contributed by atoms with E-state index >= 15 is 0 Å². The maximum atomic E-state index is 12.5. The van der Waals surface area contributed by atoms with Crippen LogP contribution in [-0.4, -0.2) is 55.0 Å². The molecule has 8 heteroatoms. The van der Waals surface area contributed by atoms with Crippen LogP contribution in [0, 0.1) is 11.8 Å². The van der Waals surface area contributed by atoms with Crippen LogP contribution in [0.15, 0.2) is 24.3 Å². The molecule has 2 fully saturated rings. The Kier molecular flexibility index (Phi) is 13.4. The molecule has 28 heavy (non-hydrogen) atoms. The molecule has 5 nitrogen and oxygen atoms in total. The van der Waals surface area contributed by atoms with Crippen LogP contribution in [0.25, 0.3) is 0 Å². The molecule has 1 heterocycles. The van der Waals surface area contributed by atoms with Crippen LogP contribution < -0.4 is 11.1 Å². The molecule has 0 unspecified atom stereocenters. The molecule has 3 rings (SSSR count). The van der Waals surface area contributed by atoms with Gasteiger partial charge in [-0.2, -0.15) is 0 Å². The molecule has 3 N–H and O–H groups in total. The lowest BCUT2D eigenvalue weighted by atomic mass is 9.95. The van der Waals surface area contributed by atoms with Gasteiger partial charge in [-0.3, -0.25) is 9.69 Å². The second kappa shape index (κ2) is 13.6. The van der Waals surface area contributed by atoms with Crippen LogP contribution in [-0.2, 0) is 11.3 Å². The molecule has 0 spiro atoms. The fraction of sp³-hybridized carbons (Fsp3) is 0.650. The summed E-state index contributed by atoms with van der Waals surface area (Å²) in [5.41, 5.74) is 8.00. The van der Waals surface area contributed by atoms with Crippen molar-refractivity contribution in [1.82, 2.24) is 9.80 Å². The molecule has 0 bridgehead atoms. The van der Waals surface area contributed by atoms with Gasteiger partial charge >= 0.3 is 0 Å². The zero-order valence-corrected chi connectivity index (χ0v) is 19.1. The maximum absolute atomic E-state index is 12.5. The van der Waals surface area contributed by atoms with Gasteiger partial charge in [0.25, 0.3) is 0 Å². The molecule has 1 aromatic carbocycles. The van der Waals surface area contributed by atoms with E-state index in [-0.39, 0.29) is 49.0 Å². The molecular weight excluding hydrogens is 419 g/mol. The Morgan fingerprint density at radius 2 is 1.64 bits per heavy atom. The summed E-state index contributed by atoms with van der Waals surface area (Å²) in [5, 5.41) is 3.08. The Balaban J connectivity index is 0.00000243. The van der Waals surface area contributed by atoms with Gasteiger partial charge in [0.15, 0.2) is 0 Å². The third-order valence-corrected chi connectivity index (χ3v) is 5.84. The Morgan fingerprint density at radius 3 is 2.21 bits per heavy atom. The number of anilines is 1. The number of nitrogens with zero attached hydrogens (tertiary/aromatic N) is 2. The average Bonchev–Trinajstić information content (AvgIpc) is 3.13. The van der Waals surface area contributed by atoms with Gasteiger partial charge in [0.1, 0.15) is 0 Å². The van der Waals surface area contributed by atoms with E-state index in [1.165, 1.54) is 5.56 Å². The molecule has 1 saturated carbocycles. The average molecular weight is 454 g/mol. The summed E-state index contributed by atoms with van der Waals surface area (Å²) in [7, 11) is 0. The number of benzene rings is 1. The highest BCUT2D eigenvalue weighted by atomic mass is 35.5. The summed E-state index contributed by atoms with van der Waals surface area (Å²) in [6, 6.07) is 8.33. The van der Waals surface area contributed by atoms with E-state index in [2.05, 4.69) is 34.2 Å². The molecule has 1 aliphatic heterocycles. The van der Waals surface area contributed by atoms with Gasteiger partial charge in [0, 0.05) is 44.3 Å². The van der Waals surface area contributed by atoms with Gasteiger partial charge in [0.05, 0.1) is 0 Å². The quantitative estimate of drug-likeness (QED) is 0.693. The molecule has 1 saturated heterocycles. The molecule has 2 atom stereocenters. The number of carbonyl (C=O) groups excluding carboxylic acids is 1. The number of nitrogens with two attached hydrogens (primary N) is 1. The summed E-state index contributed by atoms with van der Waals surface area (Å²) >= 11 is 0. The van der Waals surface area contributed by atoms with Crippen molar-refractivity contribution in [2.45, 2.75) is 32.7 Å². The molecule has 162 valence electrons. The van der Waals surface area contributed by atoms with E-state index < -0.39 is 0 Å². The number of hydrogen-bond acceptors (Lipinski definition) is 4. The Bertz CT molecular complexity index is 565. The van der Waals surface area contributed by atoms with Gasteiger partial charge in [0.2, 0.25) is 5.91 Å². The third-order valence-electron chi connectivity index (χ3n) is 5.84. The largest absolute Gasteiger partial charge is 0.330 e. The number of carbonyl (C=O) groups is 1. The Morgan fingerprint density at radius 1 is 1.04 bits per heavy atom. The standard InChI is InChI=1S/C20H32N4O.3ClH/c1-2-23-10-12-24(13-11-23)15-16-6-8-18(9-7-16)22-20(25)19-5-3-4-17(19)14-21;;;/h6-9,17,19H,2-5,10-15,21H2,1H3,(H,22,25);3*1H/t17-,19-;;;/m1.../s1. The topological polar surface area (TPSA) is 61.6 Å². The third kappa shape index (κ3) is 7.36. The van der Waals surface area contributed by atoms with Crippen molar-refractivity contribution in [3.8, 4) is 0 Å². The summed E-state index contributed by atoms with van der Waals surface area (Å²) in [5.74, 6) is 0.567. The first-order chi connectivity index (χ1) is 12.2. The smallest absolute Gasteiger partial charge is 0.227 e. The van der Waals surface area contributed by atoms with Gasteiger partial charge in [-0.05, 0) is 49.5 Å². The van der Waals surface area contributed by atoms with Crippen LogP contribution in [0.2, 0.25) is 0 Å². The van der Waals surface area contributed by atoms with Gasteiger partial charge in [-0.15, -0.1) is 37.2 Å². The van der Waals surface area contributed by atoms with Crippen molar-refractivity contribution in [1.29, 1.82) is 0 Å². The van der Waals surface area contributed by atoms with Crippen LogP contribution >= 0.6 is 37.2 Å². The first kappa shape index (κ1) is 27.4. The van der Waals surface area contributed by atoms with E-state index in [0.29, 0.717) is 12.5 Å². The fourth-order valence-corrected chi connectivity index (χ4v) is 4.11. The zero-order chi connectivity index (χ0) is 17.6. The lowest BCUT2D eigenvalue weighted by molar-refractivity contribution is -0.120. The molecule has 1 amide bonds. The van der Waals surface area contributed by atoms with E-state index in [0.717, 1.165) is 64.2 Å². The van der Waals surface area contributed by atoms with Gasteiger partial charge < -0.3 is 16.0 Å². The minimum atomic E-state index is 0. The molecule has 1 aliphatic carbocycles. The summed E-state index contributed by atoms with van der Waals surface area (Å²) in [4.78, 5) is 17.5. The first-order valence-corrected chi connectivity index (χ1v) is 9.74. The number of nitrogens with one attached hydrogen (secondary N) is 1. The van der Waals surface area contributed by atoms with Crippen LogP contribution in [0.5, 0.6) is 0 Å². The molecule has 1 aromatic rings. The van der Waals surface area contributed by atoms with Gasteiger partial charge in [-0.1, -0.05) is 25.5 Å². The predicted molar refractivity (Wildman–Crippen MR) is 124 cm³/mol. The number of amides is 1. The molecular formula is C20H35Cl3N4O.